The van der Waals surface area contributed by atoms with Gasteiger partial charge in [-0.15, -0.1) is 0 Å². The first-order valence-corrected chi connectivity index (χ1v) is 12.5. The maximum atomic E-state index is 13.8. The Kier molecular flexibility index (Phi) is 5.24. The van der Waals surface area contributed by atoms with Crippen LogP contribution in [0.3, 0.4) is 0 Å². The average Bonchev–Trinajstić information content (AvgIpc) is 3.17. The van der Waals surface area contributed by atoms with Crippen LogP contribution in [0.2, 0.25) is 0 Å². The SMILES string of the molecule is COc1cccc(O)c1[C@H]1C2=CCn3c(=O)n(-c4ccccc4)c(=O)n3[C@@H]2C[C@H]2C(=O)C(C)=CC(=O)[C@@]12C. The first kappa shape index (κ1) is 24.0. The summed E-state index contributed by atoms with van der Waals surface area (Å²) in [5.41, 5.74) is -0.340. The number of ketones is 2. The van der Waals surface area contributed by atoms with Gasteiger partial charge in [0, 0.05) is 17.4 Å². The monoisotopic (exact) mass is 513 g/mol. The number of para-hydroxylation sites is 1. The third kappa shape index (κ3) is 3.04. The van der Waals surface area contributed by atoms with E-state index in [2.05, 4.69) is 0 Å². The van der Waals surface area contributed by atoms with E-state index in [1.165, 1.54) is 28.6 Å². The molecule has 4 atom stereocenters. The van der Waals surface area contributed by atoms with Gasteiger partial charge in [-0.25, -0.2) is 23.5 Å². The van der Waals surface area contributed by atoms with E-state index in [1.54, 1.807) is 56.3 Å². The molecule has 1 aromatic heterocycles. The zero-order valence-corrected chi connectivity index (χ0v) is 21.2. The van der Waals surface area contributed by atoms with E-state index in [-0.39, 0.29) is 30.3 Å². The van der Waals surface area contributed by atoms with Gasteiger partial charge in [-0.05, 0) is 54.8 Å². The van der Waals surface area contributed by atoms with Crippen LogP contribution in [0.15, 0.2) is 81.4 Å². The van der Waals surface area contributed by atoms with Gasteiger partial charge in [0.2, 0.25) is 0 Å². The van der Waals surface area contributed by atoms with E-state index in [1.807, 2.05) is 6.08 Å². The molecule has 38 heavy (non-hydrogen) atoms. The van der Waals surface area contributed by atoms with Crippen LogP contribution in [0.4, 0.5) is 0 Å². The van der Waals surface area contributed by atoms with Crippen LogP contribution in [0.1, 0.15) is 37.8 Å². The molecule has 0 bridgehead atoms. The molecule has 2 aromatic carbocycles. The van der Waals surface area contributed by atoms with Crippen LogP contribution in [-0.2, 0) is 16.1 Å². The van der Waals surface area contributed by atoms with Crippen LogP contribution in [0, 0.1) is 11.3 Å². The van der Waals surface area contributed by atoms with E-state index in [0.29, 0.717) is 28.1 Å². The number of aromatic nitrogens is 3. The van der Waals surface area contributed by atoms with E-state index in [9.17, 15) is 24.3 Å². The molecule has 3 aromatic rings. The van der Waals surface area contributed by atoms with Gasteiger partial charge < -0.3 is 9.84 Å². The van der Waals surface area contributed by atoms with Gasteiger partial charge in [-0.1, -0.05) is 37.3 Å². The van der Waals surface area contributed by atoms with Gasteiger partial charge in [0.1, 0.15) is 11.5 Å². The quantitative estimate of drug-likeness (QED) is 0.539. The minimum atomic E-state index is -1.22. The zero-order chi connectivity index (χ0) is 26.9. The van der Waals surface area contributed by atoms with Crippen molar-refractivity contribution in [1.29, 1.82) is 0 Å². The number of rotatable bonds is 3. The van der Waals surface area contributed by atoms with E-state index in [4.69, 9.17) is 4.74 Å². The number of hydrogen-bond donors (Lipinski definition) is 1. The first-order chi connectivity index (χ1) is 18.2. The van der Waals surface area contributed by atoms with Crippen molar-refractivity contribution in [2.45, 2.75) is 38.8 Å². The summed E-state index contributed by atoms with van der Waals surface area (Å²) in [5.74, 6) is -1.63. The number of methoxy groups -OCH3 is 1. The number of phenols is 1. The lowest BCUT2D eigenvalue weighted by molar-refractivity contribution is -0.139. The van der Waals surface area contributed by atoms with Crippen LogP contribution in [0.5, 0.6) is 11.5 Å². The molecule has 2 aliphatic carbocycles. The van der Waals surface area contributed by atoms with Gasteiger partial charge in [-0.3, -0.25) is 9.59 Å². The highest BCUT2D eigenvalue weighted by Gasteiger charge is 2.60. The number of ether oxygens (including phenoxy) is 1. The fourth-order valence-corrected chi connectivity index (χ4v) is 6.65. The summed E-state index contributed by atoms with van der Waals surface area (Å²) in [4.78, 5) is 54.6. The maximum absolute atomic E-state index is 13.8. The highest BCUT2D eigenvalue weighted by Crippen LogP contribution is 2.61. The van der Waals surface area contributed by atoms with Crippen LogP contribution >= 0.6 is 0 Å². The van der Waals surface area contributed by atoms with Crippen molar-refractivity contribution in [2.24, 2.45) is 11.3 Å². The number of fused-ring (bicyclic) bond motifs is 4. The predicted molar refractivity (Wildman–Crippen MR) is 139 cm³/mol. The third-order valence-electron chi connectivity index (χ3n) is 8.50. The fraction of sp³-hybridized carbons (Fsp3) is 0.310. The fourth-order valence-electron chi connectivity index (χ4n) is 6.65. The Hall–Kier alpha value is -4.40. The lowest BCUT2D eigenvalue weighted by atomic mass is 9.51. The molecule has 3 aliphatic rings. The molecule has 9 nitrogen and oxygen atoms in total. The highest BCUT2D eigenvalue weighted by molar-refractivity contribution is 6.13. The van der Waals surface area contributed by atoms with Crippen molar-refractivity contribution in [2.75, 3.05) is 7.11 Å². The van der Waals surface area contributed by atoms with E-state index >= 15 is 0 Å². The number of Topliss-reactive ketones (excluding diaryl/α,β-unsaturated/α-hetero) is 1. The molecule has 1 aliphatic heterocycles. The minimum Gasteiger partial charge on any atom is -0.508 e. The molecule has 6 rings (SSSR count). The second-order valence-electron chi connectivity index (χ2n) is 10.3. The summed E-state index contributed by atoms with van der Waals surface area (Å²) in [6.45, 7) is 3.48. The van der Waals surface area contributed by atoms with Crippen molar-refractivity contribution in [3.63, 3.8) is 0 Å². The number of carbonyl (C=O) groups is 2. The Labute approximate surface area is 217 Å². The Morgan fingerprint density at radius 3 is 2.45 bits per heavy atom. The number of carbonyl (C=O) groups excluding carboxylic acids is 2. The Morgan fingerprint density at radius 2 is 1.74 bits per heavy atom. The second kappa shape index (κ2) is 8.31. The maximum Gasteiger partial charge on any atom is 0.352 e. The summed E-state index contributed by atoms with van der Waals surface area (Å²) in [6.07, 6.45) is 3.40. The zero-order valence-electron chi connectivity index (χ0n) is 21.2. The smallest absolute Gasteiger partial charge is 0.352 e. The van der Waals surface area contributed by atoms with E-state index in [0.717, 1.165) is 4.57 Å². The summed E-state index contributed by atoms with van der Waals surface area (Å²) < 4.78 is 9.53. The third-order valence-corrected chi connectivity index (χ3v) is 8.50. The van der Waals surface area contributed by atoms with Crippen LogP contribution in [-0.4, -0.2) is 37.7 Å². The average molecular weight is 514 g/mol. The van der Waals surface area contributed by atoms with Crippen molar-refractivity contribution in [1.82, 2.24) is 13.9 Å². The highest BCUT2D eigenvalue weighted by atomic mass is 16.5. The summed E-state index contributed by atoms with van der Waals surface area (Å²) in [6, 6.07) is 12.9. The van der Waals surface area contributed by atoms with Gasteiger partial charge in [0.25, 0.3) is 0 Å². The molecular formula is C29H27N3O6. The molecule has 9 heteroatoms. The molecule has 0 spiro atoms. The largest absolute Gasteiger partial charge is 0.508 e. The Bertz CT molecular complexity index is 1690. The molecular weight excluding hydrogens is 486 g/mol. The normalized spacial score (nSPS) is 26.1. The lowest BCUT2D eigenvalue weighted by Gasteiger charge is -2.52. The second-order valence-corrected chi connectivity index (χ2v) is 10.3. The molecule has 194 valence electrons. The first-order valence-electron chi connectivity index (χ1n) is 12.5. The number of allylic oxidation sites excluding steroid dienone is 4. The standard InChI is InChI=1S/C29H27N3O6/c1-16-14-23(34)29(2)19(26(16)35)15-20-18(25(29)24-21(33)10-7-11-22(24)38-3)12-13-30-27(36)31(28(37)32(20)30)17-8-5-4-6-9-17/h4-12,14,19-20,25,33H,13,15H2,1-3H3/t19-,20+,25+,29-/m0/s1. The summed E-state index contributed by atoms with van der Waals surface area (Å²) >= 11 is 0. The molecule has 1 fully saturated rings. The van der Waals surface area contributed by atoms with Crippen molar-refractivity contribution in [3.05, 3.63) is 98.4 Å². The molecule has 2 heterocycles. The van der Waals surface area contributed by atoms with Crippen LogP contribution in [0.25, 0.3) is 5.69 Å². The number of benzene rings is 2. The van der Waals surface area contributed by atoms with Gasteiger partial charge in [0.05, 0.1) is 30.8 Å². The molecule has 1 saturated carbocycles. The predicted octanol–water partition coefficient (Wildman–Crippen LogP) is 2.90. The lowest BCUT2D eigenvalue weighted by Crippen LogP contribution is -2.54. The summed E-state index contributed by atoms with van der Waals surface area (Å²) in [7, 11) is 1.48. The molecule has 0 radical (unpaired) electrons. The van der Waals surface area contributed by atoms with E-state index < -0.39 is 34.7 Å². The van der Waals surface area contributed by atoms with Crippen molar-refractivity contribution in [3.8, 4) is 17.2 Å². The van der Waals surface area contributed by atoms with Crippen molar-refractivity contribution >= 4 is 11.6 Å². The number of aromatic hydroxyl groups is 1. The van der Waals surface area contributed by atoms with Gasteiger partial charge in [0.15, 0.2) is 11.6 Å². The Balaban J connectivity index is 1.63. The molecule has 0 saturated heterocycles. The topological polar surface area (TPSA) is 113 Å². The molecule has 0 amide bonds. The number of hydrogen-bond acceptors (Lipinski definition) is 6. The Morgan fingerprint density at radius 1 is 1.00 bits per heavy atom. The minimum absolute atomic E-state index is 0.0698. The molecule has 0 unspecified atom stereocenters. The number of phenolic OH excluding ortho intramolecular Hbond substituents is 1. The van der Waals surface area contributed by atoms with Gasteiger partial charge >= 0.3 is 11.4 Å². The van der Waals surface area contributed by atoms with Crippen molar-refractivity contribution < 1.29 is 19.4 Å². The van der Waals surface area contributed by atoms with Gasteiger partial charge in [-0.2, -0.15) is 0 Å². The van der Waals surface area contributed by atoms with Crippen LogP contribution < -0.4 is 16.1 Å². The molecule has 1 N–H and O–H groups in total. The number of nitrogens with zero attached hydrogens (tertiary/aromatic N) is 3. The summed E-state index contributed by atoms with van der Waals surface area (Å²) in [5, 5.41) is 11.1.